The Bertz CT molecular complexity index is 783. The number of aromatic hydroxyl groups is 1. The number of unbranched alkanes of at least 4 members (excludes halogenated alkanes) is 5. The van der Waals surface area contributed by atoms with Gasteiger partial charge >= 0.3 is 0 Å². The quantitative estimate of drug-likeness (QED) is 0.251. The molecule has 1 N–H and O–H groups in total. The van der Waals surface area contributed by atoms with Crippen LogP contribution in [0, 0.1) is 0 Å². The summed E-state index contributed by atoms with van der Waals surface area (Å²) in [6.07, 6.45) is 18.1. The van der Waals surface area contributed by atoms with Crippen LogP contribution in [0.1, 0.15) is 72.1 Å². The van der Waals surface area contributed by atoms with E-state index >= 15 is 0 Å². The first-order valence-electron chi connectivity index (χ1n) is 12.1. The van der Waals surface area contributed by atoms with Crippen LogP contribution in [0.4, 0.5) is 0 Å². The van der Waals surface area contributed by atoms with Gasteiger partial charge in [-0.2, -0.15) is 0 Å². The molecule has 32 heavy (non-hydrogen) atoms. The maximum absolute atomic E-state index is 9.32. The van der Waals surface area contributed by atoms with Crippen molar-refractivity contribution in [2.75, 3.05) is 6.61 Å². The average Bonchev–Trinajstić information content (AvgIpc) is 2.82. The smallest absolute Gasteiger partial charge is 0.119 e. The van der Waals surface area contributed by atoms with E-state index in [-0.39, 0.29) is 0 Å². The average molecular weight is 435 g/mol. The molecule has 0 amide bonds. The highest BCUT2D eigenvalue weighted by atomic mass is 16.5. The molecule has 0 atom stereocenters. The molecule has 0 bridgehead atoms. The highest BCUT2D eigenvalue weighted by Gasteiger charge is 1.99. The number of phenolic OH excluding ortho intramolecular Hbond substituents is 1. The van der Waals surface area contributed by atoms with Gasteiger partial charge in [0, 0.05) is 0 Å². The zero-order chi connectivity index (χ0) is 23.4. The van der Waals surface area contributed by atoms with Gasteiger partial charge in [-0.25, -0.2) is 0 Å². The fourth-order valence-corrected chi connectivity index (χ4v) is 3.27. The van der Waals surface area contributed by atoms with Crippen molar-refractivity contribution < 1.29 is 9.84 Å². The molecule has 0 aliphatic heterocycles. The third kappa shape index (κ3) is 12.2. The second kappa shape index (κ2) is 17.9. The van der Waals surface area contributed by atoms with Gasteiger partial charge in [-0.1, -0.05) is 113 Å². The van der Waals surface area contributed by atoms with Crippen LogP contribution in [0.2, 0.25) is 0 Å². The molecule has 0 aromatic heterocycles. The Labute approximate surface area is 196 Å². The van der Waals surface area contributed by atoms with Crippen LogP contribution in [-0.4, -0.2) is 11.7 Å². The van der Waals surface area contributed by atoms with Crippen LogP contribution in [0.3, 0.4) is 0 Å². The van der Waals surface area contributed by atoms with Crippen molar-refractivity contribution in [2.45, 2.75) is 72.1 Å². The van der Waals surface area contributed by atoms with Crippen molar-refractivity contribution in [1.29, 1.82) is 0 Å². The monoisotopic (exact) mass is 434 g/mol. The van der Waals surface area contributed by atoms with Gasteiger partial charge in [-0.05, 0) is 55.2 Å². The Hall–Kier alpha value is -2.74. The Morgan fingerprint density at radius 1 is 0.844 bits per heavy atom. The third-order valence-corrected chi connectivity index (χ3v) is 5.18. The van der Waals surface area contributed by atoms with Gasteiger partial charge in [0.2, 0.25) is 0 Å². The van der Waals surface area contributed by atoms with Crippen molar-refractivity contribution in [3.8, 4) is 22.6 Å². The lowest BCUT2D eigenvalue weighted by molar-refractivity contribution is 0.304. The van der Waals surface area contributed by atoms with Crippen LogP contribution >= 0.6 is 0 Å². The molecule has 2 aromatic rings. The van der Waals surface area contributed by atoms with E-state index in [0.717, 1.165) is 29.9 Å². The van der Waals surface area contributed by atoms with Crippen molar-refractivity contribution in [3.05, 3.63) is 85.0 Å². The standard InChI is InChI=1S/C20H26O2.C10H16/c1-2-3-4-5-6-7-16-22-20-14-10-18(11-15-20)17-8-12-19(21)13-9-17;1-4-7-9-10(6-3)8-5-2/h8-15,21H,2-7,16H2,1H3;4,6-7,9H,1,5,8H2,2-3H3/b;9-7-,10-6-. The van der Waals surface area contributed by atoms with Gasteiger partial charge in [-0.3, -0.25) is 0 Å². The van der Waals surface area contributed by atoms with Crippen LogP contribution in [0.25, 0.3) is 11.1 Å². The Kier molecular flexibility index (Phi) is 15.3. The minimum absolute atomic E-state index is 0.294. The van der Waals surface area contributed by atoms with Crippen molar-refractivity contribution >= 4 is 0 Å². The lowest BCUT2D eigenvalue weighted by atomic mass is 10.1. The van der Waals surface area contributed by atoms with E-state index in [1.54, 1.807) is 18.2 Å². The summed E-state index contributed by atoms with van der Waals surface area (Å²) in [6, 6.07) is 15.4. The molecule has 0 unspecified atom stereocenters. The molecule has 2 aromatic carbocycles. The number of rotatable bonds is 13. The molecule has 0 aliphatic rings. The van der Waals surface area contributed by atoms with Crippen molar-refractivity contribution in [2.24, 2.45) is 0 Å². The SMILES string of the molecule is C=C/C=C\C(=C/C)CCC.CCCCCCCCOc1ccc(-c2ccc(O)cc2)cc1. The Morgan fingerprint density at radius 3 is 2.00 bits per heavy atom. The fraction of sp³-hybridized carbons (Fsp3) is 0.400. The summed E-state index contributed by atoms with van der Waals surface area (Å²) in [7, 11) is 0. The first-order valence-corrected chi connectivity index (χ1v) is 12.1. The van der Waals surface area contributed by atoms with E-state index in [1.165, 1.54) is 50.5 Å². The molecule has 0 aliphatic carbocycles. The molecule has 0 heterocycles. The summed E-state index contributed by atoms with van der Waals surface area (Å²) in [6.45, 7) is 10.9. The number of hydrogen-bond donors (Lipinski definition) is 1. The van der Waals surface area contributed by atoms with Gasteiger partial charge in [0.05, 0.1) is 6.61 Å². The maximum Gasteiger partial charge on any atom is 0.119 e. The second-order valence-electron chi connectivity index (χ2n) is 7.90. The Morgan fingerprint density at radius 2 is 1.44 bits per heavy atom. The maximum atomic E-state index is 9.32. The number of hydrogen-bond acceptors (Lipinski definition) is 2. The molecule has 2 heteroatoms. The van der Waals surface area contributed by atoms with E-state index in [2.05, 4.69) is 51.6 Å². The molecule has 0 saturated heterocycles. The molecular weight excluding hydrogens is 392 g/mol. The topological polar surface area (TPSA) is 29.5 Å². The minimum atomic E-state index is 0.294. The summed E-state index contributed by atoms with van der Waals surface area (Å²) in [5.41, 5.74) is 3.62. The summed E-state index contributed by atoms with van der Waals surface area (Å²) in [4.78, 5) is 0. The van der Waals surface area contributed by atoms with Gasteiger partial charge in [0.1, 0.15) is 11.5 Å². The highest BCUT2D eigenvalue weighted by molar-refractivity contribution is 5.64. The fourth-order valence-electron chi connectivity index (χ4n) is 3.27. The Balaban J connectivity index is 0.000000433. The second-order valence-corrected chi connectivity index (χ2v) is 7.90. The zero-order valence-electron chi connectivity index (χ0n) is 20.4. The lowest BCUT2D eigenvalue weighted by Gasteiger charge is -2.07. The van der Waals surface area contributed by atoms with E-state index in [4.69, 9.17) is 4.74 Å². The molecular formula is C30H42O2. The first kappa shape index (κ1) is 27.3. The van der Waals surface area contributed by atoms with Gasteiger partial charge < -0.3 is 9.84 Å². The van der Waals surface area contributed by atoms with Crippen molar-refractivity contribution in [1.82, 2.24) is 0 Å². The molecule has 2 rings (SSSR count). The number of phenols is 1. The van der Waals surface area contributed by atoms with Crippen LogP contribution in [0.5, 0.6) is 11.5 Å². The highest BCUT2D eigenvalue weighted by Crippen LogP contribution is 2.24. The zero-order valence-corrected chi connectivity index (χ0v) is 20.4. The van der Waals surface area contributed by atoms with E-state index < -0.39 is 0 Å². The number of ether oxygens (including phenoxy) is 1. The van der Waals surface area contributed by atoms with Crippen LogP contribution < -0.4 is 4.74 Å². The minimum Gasteiger partial charge on any atom is -0.508 e. The third-order valence-electron chi connectivity index (χ3n) is 5.18. The summed E-state index contributed by atoms with van der Waals surface area (Å²) >= 11 is 0. The van der Waals surface area contributed by atoms with Crippen molar-refractivity contribution in [3.63, 3.8) is 0 Å². The van der Waals surface area contributed by atoms with E-state index in [0.29, 0.717) is 5.75 Å². The normalized spacial score (nSPS) is 11.2. The van der Waals surface area contributed by atoms with Crippen LogP contribution in [-0.2, 0) is 0 Å². The number of allylic oxidation sites excluding steroid dienone is 5. The lowest BCUT2D eigenvalue weighted by Crippen LogP contribution is -1.97. The van der Waals surface area contributed by atoms with Gasteiger partial charge in [0.25, 0.3) is 0 Å². The number of benzene rings is 2. The van der Waals surface area contributed by atoms with E-state index in [1.807, 2.05) is 30.3 Å². The molecule has 0 saturated carbocycles. The van der Waals surface area contributed by atoms with Crippen LogP contribution in [0.15, 0.2) is 85.0 Å². The predicted octanol–water partition coefficient (Wildman–Crippen LogP) is 9.27. The summed E-state index contributed by atoms with van der Waals surface area (Å²) in [5, 5.41) is 9.32. The summed E-state index contributed by atoms with van der Waals surface area (Å²) < 4.78 is 5.78. The molecule has 0 spiro atoms. The van der Waals surface area contributed by atoms with Gasteiger partial charge in [0.15, 0.2) is 0 Å². The molecule has 174 valence electrons. The summed E-state index contributed by atoms with van der Waals surface area (Å²) in [5.74, 6) is 1.22. The molecule has 0 radical (unpaired) electrons. The van der Waals surface area contributed by atoms with Gasteiger partial charge in [-0.15, -0.1) is 0 Å². The largest absolute Gasteiger partial charge is 0.508 e. The molecule has 0 fully saturated rings. The van der Waals surface area contributed by atoms with E-state index in [9.17, 15) is 5.11 Å². The molecule has 2 nitrogen and oxygen atoms in total. The predicted molar refractivity (Wildman–Crippen MR) is 140 cm³/mol. The first-order chi connectivity index (χ1) is 15.6.